The van der Waals surface area contributed by atoms with Gasteiger partial charge in [-0.1, -0.05) is 0 Å². The fraction of sp³-hybridized carbons (Fsp3) is 0.435. The van der Waals surface area contributed by atoms with Crippen molar-refractivity contribution in [2.24, 2.45) is 11.1 Å². The Morgan fingerprint density at radius 1 is 1.00 bits per heavy atom. The summed E-state index contributed by atoms with van der Waals surface area (Å²) in [4.78, 5) is 34.0. The van der Waals surface area contributed by atoms with Crippen LogP contribution in [0.25, 0.3) is 22.3 Å². The number of hydrogen-bond donors (Lipinski definition) is 1. The molecule has 5 heterocycles. The van der Waals surface area contributed by atoms with Crippen molar-refractivity contribution in [1.29, 1.82) is 0 Å². The number of carbonyl (C=O) groups is 1. The Morgan fingerprint density at radius 2 is 1.74 bits per heavy atom. The highest BCUT2D eigenvalue weighted by Crippen LogP contribution is 2.42. The Labute approximate surface area is 181 Å². The van der Waals surface area contributed by atoms with Crippen LogP contribution in [0.4, 0.5) is 5.82 Å². The summed E-state index contributed by atoms with van der Waals surface area (Å²) in [5.41, 5.74) is 7.48. The molecule has 2 fully saturated rings. The average Bonchev–Trinajstić information content (AvgIpc) is 3.20. The van der Waals surface area contributed by atoms with Crippen molar-refractivity contribution in [3.05, 3.63) is 43.0 Å². The number of carbonyl (C=O) groups excluding carboxylic acids is 1. The van der Waals surface area contributed by atoms with Crippen molar-refractivity contribution in [3.8, 4) is 11.4 Å². The normalized spacial score (nSPS) is 18.6. The summed E-state index contributed by atoms with van der Waals surface area (Å²) < 4.78 is 0. The van der Waals surface area contributed by atoms with Gasteiger partial charge in [-0.15, -0.1) is 0 Å². The summed E-state index contributed by atoms with van der Waals surface area (Å²) in [5.74, 6) is 1.47. The molecule has 2 aliphatic rings. The maximum atomic E-state index is 11.1. The lowest BCUT2D eigenvalue weighted by atomic mass is 9.77. The van der Waals surface area contributed by atoms with E-state index in [9.17, 15) is 4.79 Å². The molecule has 31 heavy (non-hydrogen) atoms. The molecule has 0 radical (unpaired) electrons. The number of rotatable bonds is 5. The van der Waals surface area contributed by atoms with E-state index in [1.54, 1.807) is 18.6 Å². The molecule has 0 saturated carbocycles. The maximum Gasteiger partial charge on any atom is 0.218 e. The Bertz CT molecular complexity index is 1080. The lowest BCUT2D eigenvalue weighted by Gasteiger charge is -2.40. The van der Waals surface area contributed by atoms with E-state index >= 15 is 0 Å². The smallest absolute Gasteiger partial charge is 0.218 e. The topological polar surface area (TPSA) is 101 Å². The molecule has 8 nitrogen and oxygen atoms in total. The van der Waals surface area contributed by atoms with Crippen molar-refractivity contribution in [3.63, 3.8) is 0 Å². The van der Waals surface area contributed by atoms with E-state index in [2.05, 4.69) is 19.8 Å². The summed E-state index contributed by atoms with van der Waals surface area (Å²) in [6, 6.07) is 5.88. The molecule has 3 aromatic heterocycles. The second-order valence-electron chi connectivity index (χ2n) is 8.73. The summed E-state index contributed by atoms with van der Waals surface area (Å²) in [6.07, 6.45) is 11.0. The molecular formula is C23H27N7O. The first-order chi connectivity index (χ1) is 15.1. The Hall–Kier alpha value is -3.13. The lowest BCUT2D eigenvalue weighted by molar-refractivity contribution is -0.118. The quantitative estimate of drug-likeness (QED) is 0.679. The largest absolute Gasteiger partial charge is 0.370 e. The van der Waals surface area contributed by atoms with Gasteiger partial charge >= 0.3 is 0 Å². The third-order valence-corrected chi connectivity index (χ3v) is 6.73. The van der Waals surface area contributed by atoms with Crippen LogP contribution in [0.5, 0.6) is 0 Å². The molecule has 5 rings (SSSR count). The van der Waals surface area contributed by atoms with Crippen molar-refractivity contribution >= 4 is 22.6 Å². The van der Waals surface area contributed by atoms with E-state index in [1.807, 2.05) is 24.4 Å². The number of nitrogens with two attached hydrogens (primary N) is 1. The monoisotopic (exact) mass is 417 g/mol. The summed E-state index contributed by atoms with van der Waals surface area (Å²) in [6.45, 7) is 4.83. The molecule has 160 valence electrons. The molecule has 8 heteroatoms. The molecule has 2 N–H and O–H groups in total. The second kappa shape index (κ2) is 8.19. The summed E-state index contributed by atoms with van der Waals surface area (Å²) in [5, 5.41) is 1.04. The van der Waals surface area contributed by atoms with Crippen molar-refractivity contribution < 1.29 is 4.79 Å². The zero-order chi connectivity index (χ0) is 21.3. The van der Waals surface area contributed by atoms with Crippen molar-refractivity contribution in [2.45, 2.75) is 25.7 Å². The van der Waals surface area contributed by atoms with Crippen LogP contribution < -0.4 is 10.6 Å². The third-order valence-electron chi connectivity index (χ3n) is 6.73. The highest BCUT2D eigenvalue weighted by atomic mass is 16.1. The van der Waals surface area contributed by atoms with Crippen LogP contribution >= 0.6 is 0 Å². The van der Waals surface area contributed by atoms with E-state index in [4.69, 9.17) is 15.7 Å². The van der Waals surface area contributed by atoms with Gasteiger partial charge in [-0.3, -0.25) is 14.8 Å². The molecule has 2 saturated heterocycles. The fourth-order valence-electron chi connectivity index (χ4n) is 4.92. The zero-order valence-electron chi connectivity index (χ0n) is 17.6. The molecule has 2 aliphatic heterocycles. The van der Waals surface area contributed by atoms with Gasteiger partial charge in [-0.05, 0) is 49.4 Å². The van der Waals surface area contributed by atoms with Crippen LogP contribution in [0, 0.1) is 5.41 Å². The van der Waals surface area contributed by atoms with E-state index in [0.717, 1.165) is 67.8 Å². The van der Waals surface area contributed by atoms with Crippen LogP contribution in [-0.4, -0.2) is 63.5 Å². The van der Waals surface area contributed by atoms with Gasteiger partial charge in [0.2, 0.25) is 5.91 Å². The van der Waals surface area contributed by atoms with Gasteiger partial charge < -0.3 is 15.5 Å². The number of piperidine rings is 1. The minimum atomic E-state index is -0.217. The minimum absolute atomic E-state index is 0.217. The van der Waals surface area contributed by atoms with Gasteiger partial charge in [0.1, 0.15) is 5.82 Å². The molecule has 3 aromatic rings. The highest BCUT2D eigenvalue weighted by molar-refractivity contribution is 5.90. The third kappa shape index (κ3) is 4.07. The van der Waals surface area contributed by atoms with Crippen LogP contribution in [-0.2, 0) is 4.79 Å². The molecule has 1 spiro atoms. The first-order valence-electron chi connectivity index (χ1n) is 10.9. The SMILES string of the molecule is NC(=O)CCN1CCC2(CCN(c3nc(-c4ccncc4)nc4cnccc34)CC2)C1. The fourth-order valence-corrected chi connectivity index (χ4v) is 4.92. The van der Waals surface area contributed by atoms with Gasteiger partial charge in [0.05, 0.1) is 11.7 Å². The number of likely N-dealkylation sites (tertiary alicyclic amines) is 1. The van der Waals surface area contributed by atoms with Gasteiger partial charge in [0.25, 0.3) is 0 Å². The molecule has 0 unspecified atom stereocenters. The molecule has 0 aliphatic carbocycles. The van der Waals surface area contributed by atoms with E-state index in [0.29, 0.717) is 17.7 Å². The predicted molar refractivity (Wildman–Crippen MR) is 119 cm³/mol. The number of fused-ring (bicyclic) bond motifs is 1. The number of amides is 1. The number of nitrogens with zero attached hydrogens (tertiary/aromatic N) is 6. The molecule has 1 amide bonds. The van der Waals surface area contributed by atoms with E-state index in [-0.39, 0.29) is 5.91 Å². The Balaban J connectivity index is 1.37. The number of hydrogen-bond acceptors (Lipinski definition) is 7. The standard InChI is InChI=1S/C23H27N7O/c24-20(31)4-11-29-12-5-23(16-29)6-13-30(14-7-23)22-18-3-10-26-15-19(18)27-21(28-22)17-1-8-25-9-2-17/h1-3,8-10,15H,4-7,11-14,16H2,(H2,24,31). The molecular weight excluding hydrogens is 390 g/mol. The Morgan fingerprint density at radius 3 is 2.52 bits per heavy atom. The number of primary amides is 1. The maximum absolute atomic E-state index is 11.1. The van der Waals surface area contributed by atoms with E-state index < -0.39 is 0 Å². The summed E-state index contributed by atoms with van der Waals surface area (Å²) in [7, 11) is 0. The number of anilines is 1. The second-order valence-corrected chi connectivity index (χ2v) is 8.73. The average molecular weight is 418 g/mol. The number of pyridine rings is 2. The van der Waals surface area contributed by atoms with E-state index in [1.165, 1.54) is 6.42 Å². The minimum Gasteiger partial charge on any atom is -0.370 e. The number of aromatic nitrogens is 4. The first kappa shape index (κ1) is 19.8. The Kier molecular flexibility index (Phi) is 5.23. The van der Waals surface area contributed by atoms with Crippen molar-refractivity contribution in [2.75, 3.05) is 37.6 Å². The van der Waals surface area contributed by atoms with Gasteiger partial charge in [-0.25, -0.2) is 9.97 Å². The predicted octanol–water partition coefficient (Wildman–Crippen LogP) is 2.25. The van der Waals surface area contributed by atoms with Crippen LogP contribution in [0.15, 0.2) is 43.0 Å². The lowest BCUT2D eigenvalue weighted by Crippen LogP contribution is -2.42. The van der Waals surface area contributed by atoms with Crippen LogP contribution in [0.1, 0.15) is 25.7 Å². The van der Waals surface area contributed by atoms with Gasteiger partial charge in [-0.2, -0.15) is 0 Å². The zero-order valence-corrected chi connectivity index (χ0v) is 17.6. The highest BCUT2D eigenvalue weighted by Gasteiger charge is 2.40. The van der Waals surface area contributed by atoms with Crippen molar-refractivity contribution in [1.82, 2.24) is 24.8 Å². The van der Waals surface area contributed by atoms with Gasteiger partial charge in [0.15, 0.2) is 5.82 Å². The molecule has 0 aromatic carbocycles. The molecule has 0 atom stereocenters. The first-order valence-corrected chi connectivity index (χ1v) is 10.9. The molecule has 0 bridgehead atoms. The van der Waals surface area contributed by atoms with Crippen LogP contribution in [0.3, 0.4) is 0 Å². The van der Waals surface area contributed by atoms with Gasteiger partial charge in [0, 0.05) is 62.1 Å². The van der Waals surface area contributed by atoms with Crippen LogP contribution in [0.2, 0.25) is 0 Å². The summed E-state index contributed by atoms with van der Waals surface area (Å²) >= 11 is 0.